The van der Waals surface area contributed by atoms with E-state index in [-0.39, 0.29) is 11.2 Å². The fraction of sp³-hybridized carbons (Fsp3) is 0.400. The van der Waals surface area contributed by atoms with Crippen molar-refractivity contribution in [3.8, 4) is 5.75 Å². The monoisotopic (exact) mass is 311 g/mol. The maximum atomic E-state index is 15.0. The maximum absolute atomic E-state index is 15.0. The molecule has 0 heterocycles. The molecule has 23 heavy (non-hydrogen) atoms. The van der Waals surface area contributed by atoms with Crippen molar-refractivity contribution in [2.24, 2.45) is 11.8 Å². The molecule has 2 nitrogen and oxygen atoms in total. The standard InChI is InChI=1S/C20H22FNO/c1-23-17-10-11-18(19(21)12-17)20(13-2-3-14(20)5-4-13)15-6-8-16(22)9-7-15/h6-14H,2-5,22H2,1H3. The Morgan fingerprint density at radius 3 is 2.13 bits per heavy atom. The van der Waals surface area contributed by atoms with Gasteiger partial charge in [-0.05, 0) is 66.8 Å². The molecule has 120 valence electrons. The Bertz CT molecular complexity index is 705. The molecule has 4 rings (SSSR count). The van der Waals surface area contributed by atoms with Crippen LogP contribution in [0, 0.1) is 17.7 Å². The number of anilines is 1. The van der Waals surface area contributed by atoms with Crippen molar-refractivity contribution in [2.75, 3.05) is 12.8 Å². The first kappa shape index (κ1) is 14.6. The summed E-state index contributed by atoms with van der Waals surface area (Å²) in [5.41, 5.74) is 8.46. The quantitative estimate of drug-likeness (QED) is 0.846. The topological polar surface area (TPSA) is 35.2 Å². The van der Waals surface area contributed by atoms with Crippen LogP contribution < -0.4 is 10.5 Å². The molecule has 0 spiro atoms. The summed E-state index contributed by atoms with van der Waals surface area (Å²) < 4.78 is 20.1. The number of hydrogen-bond acceptors (Lipinski definition) is 2. The Labute approximate surface area is 136 Å². The van der Waals surface area contributed by atoms with Gasteiger partial charge in [0.2, 0.25) is 0 Å². The van der Waals surface area contributed by atoms with Gasteiger partial charge in [-0.25, -0.2) is 4.39 Å². The fourth-order valence-corrected chi connectivity index (χ4v) is 5.12. The van der Waals surface area contributed by atoms with Gasteiger partial charge in [0.05, 0.1) is 7.11 Å². The summed E-state index contributed by atoms with van der Waals surface area (Å²) in [7, 11) is 1.57. The largest absolute Gasteiger partial charge is 0.497 e. The van der Waals surface area contributed by atoms with Gasteiger partial charge in [-0.15, -0.1) is 0 Å². The van der Waals surface area contributed by atoms with Crippen molar-refractivity contribution in [1.29, 1.82) is 0 Å². The summed E-state index contributed by atoms with van der Waals surface area (Å²) >= 11 is 0. The van der Waals surface area contributed by atoms with E-state index in [0.29, 0.717) is 17.6 Å². The highest BCUT2D eigenvalue weighted by molar-refractivity contribution is 5.50. The minimum absolute atomic E-state index is 0.153. The first-order chi connectivity index (χ1) is 11.2. The second-order valence-electron chi connectivity index (χ2n) is 6.89. The van der Waals surface area contributed by atoms with Crippen LogP contribution in [0.5, 0.6) is 5.75 Å². The van der Waals surface area contributed by atoms with Gasteiger partial charge in [0.15, 0.2) is 0 Å². The van der Waals surface area contributed by atoms with Gasteiger partial charge in [0.1, 0.15) is 11.6 Å². The van der Waals surface area contributed by atoms with E-state index in [4.69, 9.17) is 10.5 Å². The smallest absolute Gasteiger partial charge is 0.131 e. The Morgan fingerprint density at radius 1 is 1.00 bits per heavy atom. The second-order valence-corrected chi connectivity index (χ2v) is 6.89. The number of hydrogen-bond donors (Lipinski definition) is 1. The van der Waals surface area contributed by atoms with E-state index in [1.807, 2.05) is 24.3 Å². The highest BCUT2D eigenvalue weighted by atomic mass is 19.1. The number of methoxy groups -OCH3 is 1. The van der Waals surface area contributed by atoms with E-state index < -0.39 is 0 Å². The molecule has 3 heteroatoms. The summed E-state index contributed by atoms with van der Waals surface area (Å²) in [6.45, 7) is 0. The van der Waals surface area contributed by atoms with Crippen LogP contribution in [0.25, 0.3) is 0 Å². The lowest BCUT2D eigenvalue weighted by Gasteiger charge is -2.36. The van der Waals surface area contributed by atoms with Crippen molar-refractivity contribution in [1.82, 2.24) is 0 Å². The van der Waals surface area contributed by atoms with Crippen LogP contribution in [0.4, 0.5) is 10.1 Å². The predicted octanol–water partition coefficient (Wildman–Crippen LogP) is 4.52. The molecular weight excluding hydrogens is 289 g/mol. The van der Waals surface area contributed by atoms with Gasteiger partial charge in [-0.3, -0.25) is 0 Å². The van der Waals surface area contributed by atoms with Crippen molar-refractivity contribution < 1.29 is 9.13 Å². The molecule has 0 radical (unpaired) electrons. The molecular formula is C20H22FNO. The summed E-state index contributed by atoms with van der Waals surface area (Å²) in [6.07, 6.45) is 4.72. The molecule has 0 unspecified atom stereocenters. The number of nitrogen functional groups attached to an aromatic ring is 1. The van der Waals surface area contributed by atoms with Crippen LogP contribution in [0.2, 0.25) is 0 Å². The van der Waals surface area contributed by atoms with E-state index in [0.717, 1.165) is 11.3 Å². The molecule has 0 saturated heterocycles. The molecule has 2 bridgehead atoms. The van der Waals surface area contributed by atoms with Gasteiger partial charge in [-0.1, -0.05) is 18.2 Å². The highest BCUT2D eigenvalue weighted by Gasteiger charge is 2.57. The van der Waals surface area contributed by atoms with Gasteiger partial charge >= 0.3 is 0 Å². The first-order valence-corrected chi connectivity index (χ1v) is 8.36. The van der Waals surface area contributed by atoms with Crippen LogP contribution in [0.3, 0.4) is 0 Å². The van der Waals surface area contributed by atoms with Crippen LogP contribution in [0.1, 0.15) is 36.8 Å². The van der Waals surface area contributed by atoms with Crippen LogP contribution in [-0.2, 0) is 5.41 Å². The zero-order valence-electron chi connectivity index (χ0n) is 13.4. The average Bonchev–Trinajstić information content (AvgIpc) is 3.11. The SMILES string of the molecule is COc1ccc(C2(c3ccc(N)cc3)C3CCC2CC3)c(F)c1. The normalized spacial score (nSPS) is 29.0. The minimum Gasteiger partial charge on any atom is -0.497 e. The number of ether oxygens (including phenoxy) is 1. The highest BCUT2D eigenvalue weighted by Crippen LogP contribution is 2.62. The van der Waals surface area contributed by atoms with E-state index in [1.54, 1.807) is 7.11 Å². The van der Waals surface area contributed by atoms with E-state index >= 15 is 0 Å². The van der Waals surface area contributed by atoms with Gasteiger partial charge < -0.3 is 10.5 Å². The molecule has 2 aliphatic rings. The zero-order valence-corrected chi connectivity index (χ0v) is 13.4. The Morgan fingerprint density at radius 2 is 1.61 bits per heavy atom. The van der Waals surface area contributed by atoms with Gasteiger partial charge in [0.25, 0.3) is 0 Å². The number of rotatable bonds is 3. The molecule has 2 fully saturated rings. The Balaban J connectivity index is 1.92. The second kappa shape index (κ2) is 5.26. The van der Waals surface area contributed by atoms with Crippen molar-refractivity contribution in [3.05, 3.63) is 59.4 Å². The molecule has 2 N–H and O–H groups in total. The molecule has 0 aliphatic heterocycles. The molecule has 0 aromatic heterocycles. The number of fused-ring (bicyclic) bond motifs is 2. The van der Waals surface area contributed by atoms with Crippen LogP contribution >= 0.6 is 0 Å². The predicted molar refractivity (Wildman–Crippen MR) is 90.0 cm³/mol. The zero-order chi connectivity index (χ0) is 16.0. The molecule has 0 amide bonds. The fourth-order valence-electron chi connectivity index (χ4n) is 5.12. The van der Waals surface area contributed by atoms with E-state index in [9.17, 15) is 4.39 Å². The first-order valence-electron chi connectivity index (χ1n) is 8.36. The lowest BCUT2D eigenvalue weighted by atomic mass is 9.66. The number of nitrogens with two attached hydrogens (primary N) is 1. The summed E-state index contributed by atoms with van der Waals surface area (Å²) in [4.78, 5) is 0. The molecule has 0 atom stereocenters. The number of halogens is 1. The molecule has 2 aliphatic carbocycles. The van der Waals surface area contributed by atoms with Crippen molar-refractivity contribution >= 4 is 5.69 Å². The lowest BCUT2D eigenvalue weighted by Crippen LogP contribution is -2.34. The van der Waals surface area contributed by atoms with Gasteiger partial charge in [0, 0.05) is 17.2 Å². The van der Waals surface area contributed by atoms with Crippen LogP contribution in [0.15, 0.2) is 42.5 Å². The molecule has 2 aromatic carbocycles. The third kappa shape index (κ3) is 1.99. The van der Waals surface area contributed by atoms with Crippen molar-refractivity contribution in [2.45, 2.75) is 31.1 Å². The number of benzene rings is 2. The van der Waals surface area contributed by atoms with Gasteiger partial charge in [-0.2, -0.15) is 0 Å². The van der Waals surface area contributed by atoms with Crippen molar-refractivity contribution in [3.63, 3.8) is 0 Å². The molecule has 2 saturated carbocycles. The minimum atomic E-state index is -0.204. The summed E-state index contributed by atoms with van der Waals surface area (Å²) in [6, 6.07) is 13.4. The summed E-state index contributed by atoms with van der Waals surface area (Å²) in [5.74, 6) is 1.45. The average molecular weight is 311 g/mol. The third-order valence-corrected chi connectivity index (χ3v) is 6.03. The third-order valence-electron chi connectivity index (χ3n) is 6.03. The van der Waals surface area contributed by atoms with E-state index in [2.05, 4.69) is 12.1 Å². The van der Waals surface area contributed by atoms with E-state index in [1.165, 1.54) is 37.3 Å². The Hall–Kier alpha value is -2.03. The summed E-state index contributed by atoms with van der Waals surface area (Å²) in [5, 5.41) is 0. The lowest BCUT2D eigenvalue weighted by molar-refractivity contribution is 0.367. The Kier molecular flexibility index (Phi) is 3.33. The molecule has 2 aromatic rings. The maximum Gasteiger partial charge on any atom is 0.131 e. The van der Waals surface area contributed by atoms with Crippen LogP contribution in [-0.4, -0.2) is 7.11 Å².